The predicted octanol–water partition coefficient (Wildman–Crippen LogP) is 1.90. The molecule has 0 radical (unpaired) electrons. The zero-order valence-corrected chi connectivity index (χ0v) is 15.2. The molecule has 0 atom stereocenters. The Kier molecular flexibility index (Phi) is 10.5. The van der Waals surface area contributed by atoms with Crippen LogP contribution in [-0.4, -0.2) is 52.2 Å². The summed E-state index contributed by atoms with van der Waals surface area (Å²) in [4.78, 5) is 28.5. The minimum atomic E-state index is -5.08. The van der Waals surface area contributed by atoms with E-state index in [9.17, 15) is 18.0 Å². The van der Waals surface area contributed by atoms with Gasteiger partial charge in [0.15, 0.2) is 5.82 Å². The first-order valence-corrected chi connectivity index (χ1v) is 7.96. The van der Waals surface area contributed by atoms with E-state index in [-0.39, 0.29) is 11.9 Å². The number of aromatic nitrogens is 2. The van der Waals surface area contributed by atoms with Crippen LogP contribution >= 0.6 is 11.6 Å². The molecule has 0 unspecified atom stereocenters. The Hall–Kier alpha value is -2.81. The number of hydrogen-bond acceptors (Lipinski definition) is 6. The maximum Gasteiger partial charge on any atom is 0.490 e. The van der Waals surface area contributed by atoms with E-state index in [0.29, 0.717) is 30.7 Å². The Morgan fingerprint density at radius 1 is 1.44 bits per heavy atom. The molecule has 0 aliphatic rings. The number of hydrogen-bond donors (Lipinski definition) is 3. The Morgan fingerprint density at radius 2 is 2.04 bits per heavy atom. The molecule has 0 saturated heterocycles. The number of alkyl halides is 4. The van der Waals surface area contributed by atoms with Gasteiger partial charge in [0.1, 0.15) is 6.07 Å². The maximum absolute atomic E-state index is 11.7. The van der Waals surface area contributed by atoms with E-state index >= 15 is 0 Å². The van der Waals surface area contributed by atoms with Crippen molar-refractivity contribution in [1.82, 2.24) is 20.7 Å². The Labute approximate surface area is 158 Å². The average molecular weight is 411 g/mol. The third-order valence-electron chi connectivity index (χ3n) is 2.42. The van der Waals surface area contributed by atoms with Crippen molar-refractivity contribution in [3.8, 4) is 6.07 Å². The SMILES string of the molecule is CC(C)CN(NC(=O)NCCCl)c1ccnc(C#N)n1.O=C(O)C(F)(F)F. The number of nitrogens with zero attached hydrogens (tertiary/aromatic N) is 4. The molecule has 0 saturated carbocycles. The molecule has 13 heteroatoms. The lowest BCUT2D eigenvalue weighted by Gasteiger charge is -2.25. The lowest BCUT2D eigenvalue weighted by atomic mass is 10.2. The number of hydrazine groups is 1. The summed E-state index contributed by atoms with van der Waals surface area (Å²) >= 11 is 5.51. The maximum atomic E-state index is 11.7. The van der Waals surface area contributed by atoms with Crippen molar-refractivity contribution in [3.63, 3.8) is 0 Å². The molecular weight excluding hydrogens is 393 g/mol. The van der Waals surface area contributed by atoms with E-state index in [2.05, 4.69) is 20.7 Å². The fourth-order valence-corrected chi connectivity index (χ4v) is 1.53. The molecule has 150 valence electrons. The monoisotopic (exact) mass is 410 g/mol. The molecule has 0 bridgehead atoms. The summed E-state index contributed by atoms with van der Waals surface area (Å²) in [5, 5.41) is 20.1. The summed E-state index contributed by atoms with van der Waals surface area (Å²) < 4.78 is 31.7. The smallest absolute Gasteiger partial charge is 0.475 e. The van der Waals surface area contributed by atoms with Gasteiger partial charge in [-0.15, -0.1) is 11.6 Å². The summed E-state index contributed by atoms with van der Waals surface area (Å²) in [7, 11) is 0. The Bertz CT molecular complexity index is 666. The van der Waals surface area contributed by atoms with Gasteiger partial charge in [0, 0.05) is 31.2 Å². The van der Waals surface area contributed by atoms with Crippen molar-refractivity contribution in [1.29, 1.82) is 5.26 Å². The van der Waals surface area contributed by atoms with Crippen LogP contribution in [0.1, 0.15) is 19.7 Å². The second-order valence-corrected chi connectivity index (χ2v) is 5.59. The van der Waals surface area contributed by atoms with Crippen LogP contribution in [0, 0.1) is 17.2 Å². The van der Waals surface area contributed by atoms with E-state index in [1.54, 1.807) is 11.1 Å². The fourth-order valence-electron chi connectivity index (χ4n) is 1.44. The minimum Gasteiger partial charge on any atom is -0.475 e. The van der Waals surface area contributed by atoms with Gasteiger partial charge >= 0.3 is 18.2 Å². The van der Waals surface area contributed by atoms with Gasteiger partial charge in [-0.3, -0.25) is 5.01 Å². The quantitative estimate of drug-likeness (QED) is 0.482. The Balaban J connectivity index is 0.000000821. The standard InChI is InChI=1S/C12H17ClN6O.C2HF3O2/c1-9(2)8-19(18-12(20)16-6-4-13)11-3-5-15-10(7-14)17-11;3-2(4,5)1(6)7/h3,5,9H,4,6,8H2,1-2H3,(H2,16,18,20);(H,6,7). The van der Waals surface area contributed by atoms with Crippen molar-refractivity contribution in [2.75, 3.05) is 24.0 Å². The number of carbonyl (C=O) groups is 2. The highest BCUT2D eigenvalue weighted by atomic mass is 35.5. The van der Waals surface area contributed by atoms with Crippen molar-refractivity contribution in [2.45, 2.75) is 20.0 Å². The fraction of sp³-hybridized carbons (Fsp3) is 0.500. The molecule has 1 rings (SSSR count). The topological polar surface area (TPSA) is 131 Å². The molecule has 1 aromatic rings. The van der Waals surface area contributed by atoms with E-state index in [1.807, 2.05) is 19.9 Å². The van der Waals surface area contributed by atoms with Crippen molar-refractivity contribution in [2.24, 2.45) is 5.92 Å². The van der Waals surface area contributed by atoms with Gasteiger partial charge in [-0.25, -0.2) is 20.0 Å². The molecule has 3 N–H and O–H groups in total. The number of amides is 2. The van der Waals surface area contributed by atoms with Crippen LogP contribution in [-0.2, 0) is 4.79 Å². The van der Waals surface area contributed by atoms with Crippen molar-refractivity contribution < 1.29 is 27.9 Å². The highest BCUT2D eigenvalue weighted by Crippen LogP contribution is 2.13. The summed E-state index contributed by atoms with van der Waals surface area (Å²) in [6, 6.07) is 3.13. The molecule has 0 aliphatic carbocycles. The van der Waals surface area contributed by atoms with Crippen molar-refractivity contribution >= 4 is 29.4 Å². The third-order valence-corrected chi connectivity index (χ3v) is 2.61. The molecule has 1 heterocycles. The molecule has 0 spiro atoms. The second kappa shape index (κ2) is 11.7. The molecule has 1 aromatic heterocycles. The zero-order valence-electron chi connectivity index (χ0n) is 14.4. The zero-order chi connectivity index (χ0) is 21.0. The molecule has 0 aliphatic heterocycles. The second-order valence-electron chi connectivity index (χ2n) is 5.21. The van der Waals surface area contributed by atoms with Gasteiger partial charge in [-0.1, -0.05) is 13.8 Å². The summed E-state index contributed by atoms with van der Waals surface area (Å²) in [5.41, 5.74) is 2.68. The van der Waals surface area contributed by atoms with E-state index in [1.165, 1.54) is 6.20 Å². The van der Waals surface area contributed by atoms with Crippen LogP contribution in [0.5, 0.6) is 0 Å². The number of rotatable bonds is 6. The average Bonchev–Trinajstić information content (AvgIpc) is 2.58. The van der Waals surface area contributed by atoms with Gasteiger partial charge in [-0.2, -0.15) is 23.4 Å². The van der Waals surface area contributed by atoms with Gasteiger partial charge < -0.3 is 10.4 Å². The van der Waals surface area contributed by atoms with Crippen LogP contribution in [0.4, 0.5) is 23.8 Å². The van der Waals surface area contributed by atoms with Crippen LogP contribution in [0.2, 0.25) is 0 Å². The summed E-state index contributed by atoms with van der Waals surface area (Å²) in [6.45, 7) is 4.95. The normalized spacial score (nSPS) is 10.3. The van der Waals surface area contributed by atoms with Crippen LogP contribution in [0.15, 0.2) is 12.3 Å². The number of carboxylic acid groups (broad SMARTS) is 1. The number of halogens is 4. The van der Waals surface area contributed by atoms with E-state index in [4.69, 9.17) is 26.8 Å². The Morgan fingerprint density at radius 3 is 2.48 bits per heavy atom. The highest BCUT2D eigenvalue weighted by molar-refractivity contribution is 6.18. The molecule has 9 nitrogen and oxygen atoms in total. The third kappa shape index (κ3) is 10.7. The van der Waals surface area contributed by atoms with Gasteiger partial charge in [0.25, 0.3) is 0 Å². The molecule has 0 aromatic carbocycles. The lowest BCUT2D eigenvalue weighted by molar-refractivity contribution is -0.192. The number of anilines is 1. The first kappa shape index (κ1) is 24.2. The first-order chi connectivity index (χ1) is 12.5. The van der Waals surface area contributed by atoms with Gasteiger partial charge in [0.05, 0.1) is 0 Å². The first-order valence-electron chi connectivity index (χ1n) is 7.42. The predicted molar refractivity (Wildman–Crippen MR) is 89.9 cm³/mol. The minimum absolute atomic E-state index is 0.0548. The largest absolute Gasteiger partial charge is 0.490 e. The van der Waals surface area contributed by atoms with Gasteiger partial charge in [-0.05, 0) is 5.92 Å². The van der Waals surface area contributed by atoms with Gasteiger partial charge in [0.2, 0.25) is 5.82 Å². The number of urea groups is 1. The number of carbonyl (C=O) groups excluding carboxylic acids is 1. The van der Waals surface area contributed by atoms with Crippen LogP contribution < -0.4 is 15.8 Å². The summed E-state index contributed by atoms with van der Waals surface area (Å²) in [6.07, 6.45) is -3.60. The molecular formula is C14H18ClF3N6O3. The molecule has 0 fully saturated rings. The summed E-state index contributed by atoms with van der Waals surface area (Å²) in [5.74, 6) is -1.61. The van der Waals surface area contributed by atoms with Crippen LogP contribution in [0.25, 0.3) is 0 Å². The van der Waals surface area contributed by atoms with Crippen LogP contribution in [0.3, 0.4) is 0 Å². The molecule has 27 heavy (non-hydrogen) atoms. The van der Waals surface area contributed by atoms with E-state index < -0.39 is 12.1 Å². The van der Waals surface area contributed by atoms with Crippen molar-refractivity contribution in [3.05, 3.63) is 18.1 Å². The number of carboxylic acids is 1. The number of nitrogens with one attached hydrogen (secondary N) is 2. The number of aliphatic carboxylic acids is 1. The number of nitriles is 1. The molecule has 2 amide bonds. The lowest BCUT2D eigenvalue weighted by Crippen LogP contribution is -2.49. The van der Waals surface area contributed by atoms with E-state index in [0.717, 1.165) is 0 Å². The highest BCUT2D eigenvalue weighted by Gasteiger charge is 2.38.